The van der Waals surface area contributed by atoms with Gasteiger partial charge in [-0.15, -0.1) is 0 Å². The molecular weight excluding hydrogens is 279 g/mol. The van der Waals surface area contributed by atoms with Gasteiger partial charge in [-0.1, -0.05) is 13.0 Å². The Balaban J connectivity index is 2.50. The summed E-state index contributed by atoms with van der Waals surface area (Å²) in [6.45, 7) is 4.40. The molecule has 0 aliphatic carbocycles. The monoisotopic (exact) mass is 297 g/mol. The minimum absolute atomic E-state index is 0.0819. The highest BCUT2D eigenvalue weighted by Crippen LogP contribution is 2.28. The highest BCUT2D eigenvalue weighted by atomic mass is 19.2. The molecule has 3 nitrogen and oxygen atoms in total. The zero-order chi connectivity index (χ0) is 15.6. The molecule has 0 aliphatic rings. The van der Waals surface area contributed by atoms with E-state index in [1.807, 2.05) is 6.92 Å². The van der Waals surface area contributed by atoms with Crippen molar-refractivity contribution in [2.45, 2.75) is 26.3 Å². The van der Waals surface area contributed by atoms with Gasteiger partial charge in [-0.2, -0.15) is 5.10 Å². The molecule has 0 bridgehead atoms. The van der Waals surface area contributed by atoms with Gasteiger partial charge < -0.3 is 5.32 Å². The fourth-order valence-electron chi connectivity index (χ4n) is 2.34. The molecule has 0 saturated carbocycles. The molecule has 2 rings (SSSR count). The minimum Gasteiger partial charge on any atom is -0.306 e. The van der Waals surface area contributed by atoms with Crippen LogP contribution in [0.15, 0.2) is 18.3 Å². The van der Waals surface area contributed by atoms with Crippen LogP contribution in [0.1, 0.15) is 36.2 Å². The maximum Gasteiger partial charge on any atom is 0.194 e. The Bertz CT molecular complexity index is 637. The van der Waals surface area contributed by atoms with Gasteiger partial charge in [0, 0.05) is 24.4 Å². The second-order valence-electron chi connectivity index (χ2n) is 5.00. The lowest BCUT2D eigenvalue weighted by molar-refractivity contribution is 0.432. The number of rotatable bonds is 5. The summed E-state index contributed by atoms with van der Waals surface area (Å²) in [6.07, 6.45) is 2.59. The first-order valence-electron chi connectivity index (χ1n) is 6.82. The van der Waals surface area contributed by atoms with E-state index in [-0.39, 0.29) is 5.56 Å². The fraction of sp³-hybridized carbons (Fsp3) is 0.400. The van der Waals surface area contributed by atoms with Crippen molar-refractivity contribution in [1.29, 1.82) is 0 Å². The van der Waals surface area contributed by atoms with Gasteiger partial charge in [0.05, 0.1) is 11.7 Å². The maximum absolute atomic E-state index is 14.1. The molecule has 0 saturated heterocycles. The minimum atomic E-state index is -1.45. The third-order valence-corrected chi connectivity index (χ3v) is 3.34. The van der Waals surface area contributed by atoms with Gasteiger partial charge >= 0.3 is 0 Å². The Morgan fingerprint density at radius 3 is 2.48 bits per heavy atom. The zero-order valence-corrected chi connectivity index (χ0v) is 12.3. The third kappa shape index (κ3) is 3.10. The van der Waals surface area contributed by atoms with Gasteiger partial charge in [-0.3, -0.25) is 4.68 Å². The molecule has 1 atom stereocenters. The van der Waals surface area contributed by atoms with E-state index in [0.717, 1.165) is 23.7 Å². The summed E-state index contributed by atoms with van der Waals surface area (Å²) in [5.74, 6) is -3.79. The van der Waals surface area contributed by atoms with Crippen molar-refractivity contribution in [2.24, 2.45) is 7.05 Å². The predicted molar refractivity (Wildman–Crippen MR) is 74.4 cm³/mol. The number of nitrogens with one attached hydrogen (secondary N) is 1. The molecule has 6 heteroatoms. The first-order chi connectivity index (χ1) is 9.95. The predicted octanol–water partition coefficient (Wildman–Crippen LogP) is 3.23. The number of nitrogens with zero attached hydrogens (tertiary/aromatic N) is 2. The van der Waals surface area contributed by atoms with Crippen LogP contribution >= 0.6 is 0 Å². The Morgan fingerprint density at radius 2 is 1.90 bits per heavy atom. The van der Waals surface area contributed by atoms with Crippen LogP contribution in [0.5, 0.6) is 0 Å². The van der Waals surface area contributed by atoms with Gasteiger partial charge in [-0.25, -0.2) is 13.2 Å². The Kier molecular flexibility index (Phi) is 4.67. The zero-order valence-electron chi connectivity index (χ0n) is 12.3. The number of hydrogen-bond donors (Lipinski definition) is 1. The number of halogens is 3. The van der Waals surface area contributed by atoms with Gasteiger partial charge in [0.25, 0.3) is 0 Å². The van der Waals surface area contributed by atoms with Crippen molar-refractivity contribution in [3.63, 3.8) is 0 Å². The van der Waals surface area contributed by atoms with Crippen LogP contribution in [0.3, 0.4) is 0 Å². The summed E-state index contributed by atoms with van der Waals surface area (Å²) in [5.41, 5.74) is 1.55. The van der Waals surface area contributed by atoms with Gasteiger partial charge in [-0.05, 0) is 26.0 Å². The normalized spacial score (nSPS) is 12.7. The molecule has 0 fully saturated rings. The maximum atomic E-state index is 14.1. The van der Waals surface area contributed by atoms with Crippen molar-refractivity contribution >= 4 is 0 Å². The molecule has 1 heterocycles. The number of hydrogen-bond acceptors (Lipinski definition) is 2. The lowest BCUT2D eigenvalue weighted by atomic mass is 9.98. The average molecular weight is 297 g/mol. The standard InChI is InChI=1S/C15H18F3N3/c1-4-7-19-15(11-8-21(3)20-9(11)2)10-5-6-12(16)14(18)13(10)17/h5-6,8,15,19H,4,7H2,1-3H3. The molecule has 1 unspecified atom stereocenters. The van der Waals surface area contributed by atoms with E-state index in [2.05, 4.69) is 10.4 Å². The third-order valence-electron chi connectivity index (χ3n) is 3.34. The highest BCUT2D eigenvalue weighted by Gasteiger charge is 2.24. The van der Waals surface area contributed by atoms with Crippen LogP contribution in [0.4, 0.5) is 13.2 Å². The molecule has 1 aromatic carbocycles. The highest BCUT2D eigenvalue weighted by molar-refractivity contribution is 5.34. The number of aromatic nitrogens is 2. The fourth-order valence-corrected chi connectivity index (χ4v) is 2.34. The van der Waals surface area contributed by atoms with Crippen LogP contribution < -0.4 is 5.32 Å². The van der Waals surface area contributed by atoms with Gasteiger partial charge in [0.15, 0.2) is 17.5 Å². The smallest absolute Gasteiger partial charge is 0.194 e. The molecule has 21 heavy (non-hydrogen) atoms. The van der Waals surface area contributed by atoms with Crippen molar-refractivity contribution in [3.05, 3.63) is 52.6 Å². The summed E-state index contributed by atoms with van der Waals surface area (Å²) < 4.78 is 42.3. The van der Waals surface area contributed by atoms with E-state index in [1.54, 1.807) is 24.9 Å². The van der Waals surface area contributed by atoms with Crippen LogP contribution in [0.25, 0.3) is 0 Å². The van der Waals surface area contributed by atoms with E-state index < -0.39 is 23.5 Å². The lowest BCUT2D eigenvalue weighted by Crippen LogP contribution is -2.25. The van der Waals surface area contributed by atoms with E-state index in [9.17, 15) is 13.2 Å². The second kappa shape index (κ2) is 6.30. The molecule has 0 aliphatic heterocycles. The Hall–Kier alpha value is -1.82. The number of aryl methyl sites for hydroxylation is 2. The van der Waals surface area contributed by atoms with Crippen LogP contribution in [-0.2, 0) is 7.05 Å². The average Bonchev–Trinajstić information content (AvgIpc) is 2.77. The molecular formula is C15H18F3N3. The van der Waals surface area contributed by atoms with E-state index in [1.165, 1.54) is 6.07 Å². The van der Waals surface area contributed by atoms with Crippen molar-refractivity contribution in [3.8, 4) is 0 Å². The Morgan fingerprint density at radius 1 is 1.19 bits per heavy atom. The van der Waals surface area contributed by atoms with Crippen LogP contribution in [0.2, 0.25) is 0 Å². The summed E-state index contributed by atoms with van der Waals surface area (Å²) in [6, 6.07) is 1.65. The molecule has 2 aromatic rings. The van der Waals surface area contributed by atoms with E-state index in [4.69, 9.17) is 0 Å². The Labute approximate surface area is 121 Å². The van der Waals surface area contributed by atoms with Gasteiger partial charge in [0.1, 0.15) is 0 Å². The van der Waals surface area contributed by atoms with E-state index in [0.29, 0.717) is 6.54 Å². The SMILES string of the molecule is CCCNC(c1cn(C)nc1C)c1ccc(F)c(F)c1F. The summed E-state index contributed by atoms with van der Waals surface area (Å²) in [4.78, 5) is 0. The second-order valence-corrected chi connectivity index (χ2v) is 5.00. The number of benzene rings is 1. The first-order valence-corrected chi connectivity index (χ1v) is 6.82. The molecule has 0 amide bonds. The van der Waals surface area contributed by atoms with Crippen molar-refractivity contribution in [1.82, 2.24) is 15.1 Å². The first kappa shape index (κ1) is 15.6. The molecule has 1 N–H and O–H groups in total. The summed E-state index contributed by atoms with van der Waals surface area (Å²) in [7, 11) is 1.76. The van der Waals surface area contributed by atoms with Gasteiger partial charge in [0.2, 0.25) is 0 Å². The molecule has 1 aromatic heterocycles. The molecule has 114 valence electrons. The quantitative estimate of drug-likeness (QED) is 0.859. The summed E-state index contributed by atoms with van der Waals surface area (Å²) in [5, 5.41) is 7.38. The van der Waals surface area contributed by atoms with Crippen molar-refractivity contribution < 1.29 is 13.2 Å². The van der Waals surface area contributed by atoms with Crippen LogP contribution in [0, 0.1) is 24.4 Å². The topological polar surface area (TPSA) is 29.9 Å². The van der Waals surface area contributed by atoms with Crippen molar-refractivity contribution in [2.75, 3.05) is 6.54 Å². The lowest BCUT2D eigenvalue weighted by Gasteiger charge is -2.19. The largest absolute Gasteiger partial charge is 0.306 e. The summed E-state index contributed by atoms with van der Waals surface area (Å²) >= 11 is 0. The van der Waals surface area contributed by atoms with Crippen LogP contribution in [-0.4, -0.2) is 16.3 Å². The molecule has 0 radical (unpaired) electrons. The molecule has 0 spiro atoms. The van der Waals surface area contributed by atoms with E-state index >= 15 is 0 Å².